The lowest BCUT2D eigenvalue weighted by Gasteiger charge is -2.11. The van der Waals surface area contributed by atoms with E-state index in [0.29, 0.717) is 34.3 Å². The van der Waals surface area contributed by atoms with Gasteiger partial charge in [-0.2, -0.15) is 0 Å². The van der Waals surface area contributed by atoms with Crippen molar-refractivity contribution in [3.05, 3.63) is 94.5 Å². The van der Waals surface area contributed by atoms with Crippen LogP contribution in [0.1, 0.15) is 16.7 Å². The predicted molar refractivity (Wildman–Crippen MR) is 111 cm³/mol. The van der Waals surface area contributed by atoms with E-state index in [9.17, 15) is 9.90 Å². The average Bonchev–Trinajstić information content (AvgIpc) is 2.72. The van der Waals surface area contributed by atoms with Gasteiger partial charge in [0.2, 0.25) is 0 Å². The lowest BCUT2D eigenvalue weighted by Crippen LogP contribution is -2.01. The van der Waals surface area contributed by atoms with E-state index in [4.69, 9.17) is 21.1 Å². The van der Waals surface area contributed by atoms with Crippen LogP contribution in [-0.4, -0.2) is 18.2 Å². The SMILES string of the molecule is COc1ccc(/C(=C/c2cc(Cl)ccc2OCc2ccccc2)C(=O)O)cc1. The van der Waals surface area contributed by atoms with Crippen LogP contribution in [0.15, 0.2) is 72.8 Å². The molecule has 1 N–H and O–H groups in total. The summed E-state index contributed by atoms with van der Waals surface area (Å²) >= 11 is 6.13. The first-order chi connectivity index (χ1) is 13.6. The van der Waals surface area contributed by atoms with Gasteiger partial charge in [0.15, 0.2) is 0 Å². The fraction of sp³-hybridized carbons (Fsp3) is 0.0870. The molecule has 5 heteroatoms. The van der Waals surface area contributed by atoms with Crippen LogP contribution in [-0.2, 0) is 11.4 Å². The Labute approximate surface area is 168 Å². The van der Waals surface area contributed by atoms with Gasteiger partial charge in [0.1, 0.15) is 18.1 Å². The van der Waals surface area contributed by atoms with E-state index in [0.717, 1.165) is 5.56 Å². The number of rotatable bonds is 7. The van der Waals surface area contributed by atoms with Gasteiger partial charge >= 0.3 is 5.97 Å². The highest BCUT2D eigenvalue weighted by Crippen LogP contribution is 2.29. The topological polar surface area (TPSA) is 55.8 Å². The number of carboxylic acid groups (broad SMARTS) is 1. The van der Waals surface area contributed by atoms with Crippen molar-refractivity contribution in [1.82, 2.24) is 0 Å². The summed E-state index contributed by atoms with van der Waals surface area (Å²) < 4.78 is 11.0. The molecule has 0 saturated carbocycles. The number of aliphatic carboxylic acids is 1. The Bertz CT molecular complexity index is 979. The van der Waals surface area contributed by atoms with E-state index >= 15 is 0 Å². The molecule has 0 amide bonds. The summed E-state index contributed by atoms with van der Waals surface area (Å²) in [5.74, 6) is 0.169. The molecule has 0 bridgehead atoms. The molecule has 3 aromatic carbocycles. The number of methoxy groups -OCH3 is 1. The van der Waals surface area contributed by atoms with Crippen molar-refractivity contribution in [3.8, 4) is 11.5 Å². The first-order valence-electron chi connectivity index (χ1n) is 8.62. The van der Waals surface area contributed by atoms with E-state index in [1.807, 2.05) is 30.3 Å². The van der Waals surface area contributed by atoms with E-state index in [1.54, 1.807) is 55.7 Å². The number of benzene rings is 3. The van der Waals surface area contributed by atoms with Crippen molar-refractivity contribution in [2.45, 2.75) is 6.61 Å². The van der Waals surface area contributed by atoms with Gasteiger partial charge in [-0.3, -0.25) is 0 Å². The number of halogens is 1. The van der Waals surface area contributed by atoms with Gasteiger partial charge in [-0.05, 0) is 47.5 Å². The smallest absolute Gasteiger partial charge is 0.336 e. The average molecular weight is 395 g/mol. The summed E-state index contributed by atoms with van der Waals surface area (Å²) in [6, 6.07) is 21.7. The molecule has 0 aliphatic heterocycles. The molecule has 0 fully saturated rings. The Balaban J connectivity index is 1.94. The first kappa shape index (κ1) is 19.5. The van der Waals surface area contributed by atoms with E-state index in [2.05, 4.69) is 0 Å². The van der Waals surface area contributed by atoms with E-state index in [-0.39, 0.29) is 5.57 Å². The normalized spacial score (nSPS) is 11.1. The maximum atomic E-state index is 11.9. The Hall–Kier alpha value is -3.24. The molecule has 3 aromatic rings. The molecule has 142 valence electrons. The monoisotopic (exact) mass is 394 g/mol. The number of carboxylic acids is 1. The molecule has 0 spiro atoms. The molecule has 0 aliphatic carbocycles. The van der Waals surface area contributed by atoms with E-state index in [1.165, 1.54) is 0 Å². The highest BCUT2D eigenvalue weighted by atomic mass is 35.5. The van der Waals surface area contributed by atoms with Crippen LogP contribution >= 0.6 is 11.6 Å². The standard InChI is InChI=1S/C23H19ClO4/c1-27-20-10-7-17(8-11-20)21(23(25)26)14-18-13-19(24)9-12-22(18)28-15-16-5-3-2-4-6-16/h2-14H,15H2,1H3,(H,25,26)/b21-14-. The zero-order valence-corrected chi connectivity index (χ0v) is 16.0. The lowest BCUT2D eigenvalue weighted by molar-refractivity contribution is -0.130. The highest BCUT2D eigenvalue weighted by molar-refractivity contribution is 6.31. The molecule has 0 aliphatic rings. The molecule has 0 unspecified atom stereocenters. The quantitative estimate of drug-likeness (QED) is 0.421. The second kappa shape index (κ2) is 9.11. The second-order valence-electron chi connectivity index (χ2n) is 6.05. The third-order valence-electron chi connectivity index (χ3n) is 4.14. The van der Waals surface area contributed by atoms with E-state index < -0.39 is 5.97 Å². The maximum absolute atomic E-state index is 11.9. The first-order valence-corrected chi connectivity index (χ1v) is 9.00. The van der Waals surface area contributed by atoms with Gasteiger partial charge < -0.3 is 14.6 Å². The summed E-state index contributed by atoms with van der Waals surface area (Å²) in [4.78, 5) is 11.9. The van der Waals surface area contributed by atoms with Gasteiger partial charge in [-0.25, -0.2) is 4.79 Å². The molecule has 0 atom stereocenters. The van der Waals surface area contributed by atoms with Crippen molar-refractivity contribution >= 4 is 29.2 Å². The Kier molecular flexibility index (Phi) is 6.35. The van der Waals surface area contributed by atoms with Gasteiger partial charge in [0.25, 0.3) is 0 Å². The zero-order chi connectivity index (χ0) is 19.9. The van der Waals surface area contributed by atoms with Crippen LogP contribution in [0, 0.1) is 0 Å². The summed E-state index contributed by atoms with van der Waals surface area (Å²) in [7, 11) is 1.56. The number of hydrogen-bond donors (Lipinski definition) is 1. The minimum atomic E-state index is -1.04. The molecule has 0 saturated heterocycles. The molecule has 4 nitrogen and oxygen atoms in total. The number of hydrogen-bond acceptors (Lipinski definition) is 3. The lowest BCUT2D eigenvalue weighted by atomic mass is 10.0. The fourth-order valence-corrected chi connectivity index (χ4v) is 2.87. The van der Waals surface area contributed by atoms with Gasteiger partial charge in [0, 0.05) is 10.6 Å². The summed E-state index contributed by atoms with van der Waals surface area (Å²) in [6.07, 6.45) is 1.57. The van der Waals surface area contributed by atoms with Crippen LogP contribution in [0.5, 0.6) is 11.5 Å². The Morgan fingerprint density at radius 3 is 2.39 bits per heavy atom. The predicted octanol–water partition coefficient (Wildman–Crippen LogP) is 5.55. The maximum Gasteiger partial charge on any atom is 0.336 e. The molecule has 3 rings (SSSR count). The van der Waals surface area contributed by atoms with Gasteiger partial charge in [0.05, 0.1) is 12.7 Å². The van der Waals surface area contributed by atoms with Crippen molar-refractivity contribution in [2.75, 3.05) is 7.11 Å². The number of ether oxygens (including phenoxy) is 2. The van der Waals surface area contributed by atoms with Crippen LogP contribution in [0.4, 0.5) is 0 Å². The van der Waals surface area contributed by atoms with Crippen LogP contribution in [0.3, 0.4) is 0 Å². The van der Waals surface area contributed by atoms with Crippen molar-refractivity contribution < 1.29 is 19.4 Å². The Morgan fingerprint density at radius 1 is 1.04 bits per heavy atom. The third kappa shape index (κ3) is 4.93. The fourth-order valence-electron chi connectivity index (χ4n) is 2.69. The molecule has 0 aromatic heterocycles. The number of carbonyl (C=O) groups is 1. The Morgan fingerprint density at radius 2 is 1.75 bits per heavy atom. The summed E-state index contributed by atoms with van der Waals surface area (Å²) in [5.41, 5.74) is 2.30. The van der Waals surface area contributed by atoms with Gasteiger partial charge in [-0.15, -0.1) is 0 Å². The summed E-state index contributed by atoms with van der Waals surface area (Å²) in [6.45, 7) is 0.369. The van der Waals surface area contributed by atoms with Crippen LogP contribution in [0.2, 0.25) is 5.02 Å². The van der Waals surface area contributed by atoms with Crippen LogP contribution in [0.25, 0.3) is 11.6 Å². The largest absolute Gasteiger partial charge is 0.497 e. The molecule has 0 heterocycles. The molecular formula is C23H19ClO4. The highest BCUT2D eigenvalue weighted by Gasteiger charge is 2.13. The third-order valence-corrected chi connectivity index (χ3v) is 4.38. The van der Waals surface area contributed by atoms with Crippen molar-refractivity contribution in [3.63, 3.8) is 0 Å². The molecular weight excluding hydrogens is 376 g/mol. The molecule has 28 heavy (non-hydrogen) atoms. The van der Waals surface area contributed by atoms with Crippen LogP contribution < -0.4 is 9.47 Å². The van der Waals surface area contributed by atoms with Gasteiger partial charge in [-0.1, -0.05) is 54.1 Å². The minimum absolute atomic E-state index is 0.134. The van der Waals surface area contributed by atoms with Crippen molar-refractivity contribution in [2.24, 2.45) is 0 Å². The minimum Gasteiger partial charge on any atom is -0.497 e. The molecule has 0 radical (unpaired) electrons. The summed E-state index contributed by atoms with van der Waals surface area (Å²) in [5, 5.41) is 10.2. The second-order valence-corrected chi connectivity index (χ2v) is 6.48. The van der Waals surface area contributed by atoms with Crippen molar-refractivity contribution in [1.29, 1.82) is 0 Å². The zero-order valence-electron chi connectivity index (χ0n) is 15.3.